The number of ether oxygens (including phenoxy) is 2. The molecule has 2 atom stereocenters. The highest BCUT2D eigenvalue weighted by molar-refractivity contribution is 9.10. The summed E-state index contributed by atoms with van der Waals surface area (Å²) < 4.78 is 14.4. The number of aromatic nitrogens is 2. The Kier molecular flexibility index (Phi) is 5.50. The Labute approximate surface area is 217 Å². The highest BCUT2D eigenvalue weighted by Crippen LogP contribution is 2.44. The molecule has 2 aromatic carbocycles. The summed E-state index contributed by atoms with van der Waals surface area (Å²) in [5.74, 6) is 1.54. The summed E-state index contributed by atoms with van der Waals surface area (Å²) in [7, 11) is 0. The van der Waals surface area contributed by atoms with Crippen LogP contribution in [0.5, 0.6) is 11.5 Å². The second-order valence-electron chi connectivity index (χ2n) is 8.67. The van der Waals surface area contributed by atoms with Crippen LogP contribution in [0.1, 0.15) is 34.7 Å². The van der Waals surface area contributed by atoms with Gasteiger partial charge in [0.05, 0.1) is 17.8 Å². The maximum absolute atomic E-state index is 5.88. The summed E-state index contributed by atoms with van der Waals surface area (Å²) in [6, 6.07) is 22.4. The van der Waals surface area contributed by atoms with E-state index < -0.39 is 0 Å². The van der Waals surface area contributed by atoms with E-state index in [9.17, 15) is 0 Å². The predicted molar refractivity (Wildman–Crippen MR) is 143 cm³/mol. The number of halogens is 1. The van der Waals surface area contributed by atoms with Crippen LogP contribution in [-0.4, -0.2) is 21.5 Å². The smallest absolute Gasteiger partial charge is 0.231 e. The second kappa shape index (κ2) is 8.70. The molecule has 0 spiro atoms. The zero-order valence-electron chi connectivity index (χ0n) is 19.2. The number of fused-ring (bicyclic) bond motifs is 1. The summed E-state index contributed by atoms with van der Waals surface area (Å²) in [6.07, 6.45) is 1.83. The van der Waals surface area contributed by atoms with Crippen molar-refractivity contribution in [2.24, 2.45) is 0 Å². The van der Waals surface area contributed by atoms with Gasteiger partial charge < -0.3 is 24.3 Å². The SMILES string of the molecule is Cc1cc([C@H]2[C@@H](c3ccccn3)NC(=S)N2c2ccc(Br)cc2)c(C)n1-c1ccc2c(c1)OCO2. The molecule has 0 radical (unpaired) electrons. The molecule has 1 fully saturated rings. The fraction of sp³-hybridized carbons (Fsp3) is 0.185. The van der Waals surface area contributed by atoms with Crippen LogP contribution in [0.25, 0.3) is 5.69 Å². The number of aryl methyl sites for hydroxylation is 1. The molecule has 176 valence electrons. The lowest BCUT2D eigenvalue weighted by molar-refractivity contribution is 0.174. The van der Waals surface area contributed by atoms with E-state index in [0.29, 0.717) is 5.11 Å². The van der Waals surface area contributed by atoms with E-state index in [4.69, 9.17) is 21.7 Å². The van der Waals surface area contributed by atoms with Crippen molar-refractivity contribution in [2.45, 2.75) is 25.9 Å². The molecule has 2 aliphatic rings. The number of benzene rings is 2. The Balaban J connectivity index is 1.50. The number of nitrogens with one attached hydrogen (secondary N) is 1. The van der Waals surface area contributed by atoms with Crippen LogP contribution in [0.15, 0.2) is 77.4 Å². The molecular formula is C27H23BrN4O2S. The molecule has 0 saturated carbocycles. The zero-order chi connectivity index (χ0) is 24.1. The van der Waals surface area contributed by atoms with E-state index in [1.54, 1.807) is 0 Å². The quantitative estimate of drug-likeness (QED) is 0.309. The van der Waals surface area contributed by atoms with E-state index in [1.807, 2.05) is 42.6 Å². The number of hydrogen-bond acceptors (Lipinski definition) is 4. The Morgan fingerprint density at radius 3 is 2.51 bits per heavy atom. The molecule has 6 rings (SSSR count). The van der Waals surface area contributed by atoms with Crippen molar-refractivity contribution in [3.05, 3.63) is 100 Å². The largest absolute Gasteiger partial charge is 0.454 e. The first-order chi connectivity index (χ1) is 17.0. The minimum atomic E-state index is -0.0990. The van der Waals surface area contributed by atoms with Gasteiger partial charge >= 0.3 is 0 Å². The van der Waals surface area contributed by atoms with Crippen LogP contribution in [0.2, 0.25) is 0 Å². The number of nitrogens with zero attached hydrogens (tertiary/aromatic N) is 3. The molecule has 1 saturated heterocycles. The number of thiocarbonyl (C=S) groups is 1. The van der Waals surface area contributed by atoms with Gasteiger partial charge in [0.25, 0.3) is 0 Å². The standard InChI is InChI=1S/C27H23BrN4O2S/c1-16-13-21(17(2)31(16)20-10-11-23-24(14-20)34-15-33-23)26-25(22-5-3-4-12-29-22)30-27(35)32(26)19-8-6-18(28)7-9-19/h3-14,25-26H,15H2,1-2H3,(H,30,35)/t25-,26+/m1/s1. The maximum Gasteiger partial charge on any atom is 0.231 e. The van der Waals surface area contributed by atoms with Gasteiger partial charge in [-0.3, -0.25) is 4.98 Å². The van der Waals surface area contributed by atoms with Crippen molar-refractivity contribution in [1.82, 2.24) is 14.9 Å². The monoisotopic (exact) mass is 546 g/mol. The van der Waals surface area contributed by atoms with Crippen LogP contribution >= 0.6 is 28.1 Å². The molecule has 4 aromatic rings. The summed E-state index contributed by atoms with van der Waals surface area (Å²) in [4.78, 5) is 6.88. The van der Waals surface area contributed by atoms with Crippen LogP contribution < -0.4 is 19.7 Å². The summed E-state index contributed by atoms with van der Waals surface area (Å²) in [6.45, 7) is 4.54. The molecule has 0 unspecified atom stereocenters. The minimum Gasteiger partial charge on any atom is -0.454 e. The van der Waals surface area contributed by atoms with Crippen molar-refractivity contribution in [2.75, 3.05) is 11.7 Å². The average molecular weight is 547 g/mol. The third kappa shape index (κ3) is 3.77. The normalized spacial score (nSPS) is 18.7. The Hall–Kier alpha value is -3.36. The molecule has 35 heavy (non-hydrogen) atoms. The highest BCUT2D eigenvalue weighted by Gasteiger charge is 2.42. The molecule has 8 heteroatoms. The van der Waals surface area contributed by atoms with Crippen molar-refractivity contribution in [3.8, 4) is 17.2 Å². The fourth-order valence-corrected chi connectivity index (χ4v) is 5.67. The van der Waals surface area contributed by atoms with Gasteiger partial charge in [0.1, 0.15) is 0 Å². The van der Waals surface area contributed by atoms with E-state index in [2.05, 4.69) is 79.9 Å². The first-order valence-corrected chi connectivity index (χ1v) is 12.6. The van der Waals surface area contributed by atoms with E-state index in [-0.39, 0.29) is 18.9 Å². The lowest BCUT2D eigenvalue weighted by atomic mass is 9.96. The van der Waals surface area contributed by atoms with Crippen LogP contribution in [0, 0.1) is 13.8 Å². The van der Waals surface area contributed by atoms with E-state index >= 15 is 0 Å². The molecular weight excluding hydrogens is 524 g/mol. The molecule has 0 amide bonds. The third-order valence-electron chi connectivity index (χ3n) is 6.61. The molecule has 0 bridgehead atoms. The highest BCUT2D eigenvalue weighted by atomic mass is 79.9. The molecule has 2 aliphatic heterocycles. The Morgan fingerprint density at radius 2 is 1.74 bits per heavy atom. The summed E-state index contributed by atoms with van der Waals surface area (Å²) in [5.41, 5.74) is 6.47. The van der Waals surface area contributed by atoms with Crippen molar-refractivity contribution in [3.63, 3.8) is 0 Å². The van der Waals surface area contributed by atoms with Gasteiger partial charge in [-0.25, -0.2) is 0 Å². The van der Waals surface area contributed by atoms with E-state index in [0.717, 1.165) is 44.4 Å². The number of anilines is 1. The van der Waals surface area contributed by atoms with Gasteiger partial charge in [-0.05, 0) is 86.2 Å². The van der Waals surface area contributed by atoms with Crippen molar-refractivity contribution < 1.29 is 9.47 Å². The first kappa shape index (κ1) is 22.1. The van der Waals surface area contributed by atoms with Gasteiger partial charge in [-0.1, -0.05) is 22.0 Å². The van der Waals surface area contributed by atoms with Gasteiger partial charge in [0, 0.05) is 39.5 Å². The number of pyridine rings is 1. The van der Waals surface area contributed by atoms with Crippen LogP contribution in [0.3, 0.4) is 0 Å². The number of rotatable bonds is 4. The lowest BCUT2D eigenvalue weighted by Crippen LogP contribution is -2.29. The maximum atomic E-state index is 5.88. The van der Waals surface area contributed by atoms with Crippen LogP contribution in [0.4, 0.5) is 5.69 Å². The van der Waals surface area contributed by atoms with Crippen LogP contribution in [-0.2, 0) is 0 Å². The van der Waals surface area contributed by atoms with E-state index in [1.165, 1.54) is 5.56 Å². The second-order valence-corrected chi connectivity index (χ2v) is 9.97. The molecule has 2 aromatic heterocycles. The van der Waals surface area contributed by atoms with Crippen molar-refractivity contribution >= 4 is 38.9 Å². The fourth-order valence-electron chi connectivity index (χ4n) is 5.06. The number of hydrogen-bond donors (Lipinski definition) is 1. The molecule has 0 aliphatic carbocycles. The van der Waals surface area contributed by atoms with Gasteiger partial charge in [0.2, 0.25) is 6.79 Å². The summed E-state index contributed by atoms with van der Waals surface area (Å²) >= 11 is 9.43. The third-order valence-corrected chi connectivity index (χ3v) is 7.45. The Bertz CT molecular complexity index is 1420. The Morgan fingerprint density at radius 1 is 0.971 bits per heavy atom. The minimum absolute atomic E-state index is 0.0764. The van der Waals surface area contributed by atoms with Crippen molar-refractivity contribution in [1.29, 1.82) is 0 Å². The molecule has 6 nitrogen and oxygen atoms in total. The zero-order valence-corrected chi connectivity index (χ0v) is 21.6. The molecule has 1 N–H and O–H groups in total. The van der Waals surface area contributed by atoms with Gasteiger partial charge in [0.15, 0.2) is 16.6 Å². The molecule has 4 heterocycles. The predicted octanol–water partition coefficient (Wildman–Crippen LogP) is 6.16. The van der Waals surface area contributed by atoms with Gasteiger partial charge in [-0.2, -0.15) is 0 Å². The summed E-state index contributed by atoms with van der Waals surface area (Å²) in [5, 5.41) is 4.23. The topological polar surface area (TPSA) is 51.6 Å². The first-order valence-electron chi connectivity index (χ1n) is 11.4. The lowest BCUT2D eigenvalue weighted by Gasteiger charge is -2.28. The van der Waals surface area contributed by atoms with Gasteiger partial charge in [-0.15, -0.1) is 0 Å². The average Bonchev–Trinajstić information content (AvgIpc) is 3.55.